The molecule has 2 aliphatic rings. The van der Waals surface area contributed by atoms with Gasteiger partial charge in [-0.25, -0.2) is 9.18 Å². The standard InChI is InChI=1S/C17H19FN2O5/c18-11-7-9-12(15(22)23)13(9)17(11,16(24)25)20-14(21)10(19)6-8-4-2-1-3-5-8/h1-5,9-13H,6-7,19H2,(H,20,21)(H,22,23)(H,24,25)/t9-,10-,11-,12-,13-,17-/m0/s1. The van der Waals surface area contributed by atoms with E-state index >= 15 is 0 Å². The molecule has 0 bridgehead atoms. The average molecular weight is 350 g/mol. The number of carbonyl (C=O) groups excluding carboxylic acids is 1. The maximum absolute atomic E-state index is 14.4. The highest BCUT2D eigenvalue weighted by molar-refractivity contribution is 5.93. The Morgan fingerprint density at radius 1 is 1.28 bits per heavy atom. The number of carbonyl (C=O) groups is 3. The Kier molecular flexibility index (Phi) is 4.24. The third kappa shape index (κ3) is 2.76. The highest BCUT2D eigenvalue weighted by Gasteiger charge is 2.76. The number of rotatable bonds is 6. The third-order valence-corrected chi connectivity index (χ3v) is 5.27. The minimum atomic E-state index is -2.22. The number of nitrogens with two attached hydrogens (primary N) is 1. The van der Waals surface area contributed by atoms with E-state index in [9.17, 15) is 23.9 Å². The number of carboxylic acids is 2. The first-order chi connectivity index (χ1) is 11.8. The van der Waals surface area contributed by atoms with Crippen LogP contribution in [-0.2, 0) is 20.8 Å². The molecule has 3 rings (SSSR count). The van der Waals surface area contributed by atoms with Gasteiger partial charge in [-0.1, -0.05) is 30.3 Å². The minimum Gasteiger partial charge on any atom is -0.481 e. The topological polar surface area (TPSA) is 130 Å². The Morgan fingerprint density at radius 3 is 2.48 bits per heavy atom. The lowest BCUT2D eigenvalue weighted by molar-refractivity contribution is -0.153. The second-order valence-electron chi connectivity index (χ2n) is 6.72. The van der Waals surface area contributed by atoms with E-state index < -0.39 is 53.4 Å². The maximum Gasteiger partial charge on any atom is 0.332 e. The fraction of sp³-hybridized carbons (Fsp3) is 0.471. The van der Waals surface area contributed by atoms with Gasteiger partial charge in [0.15, 0.2) is 5.54 Å². The summed E-state index contributed by atoms with van der Waals surface area (Å²) in [5.41, 5.74) is 4.40. The quantitative estimate of drug-likeness (QED) is 0.579. The van der Waals surface area contributed by atoms with Gasteiger partial charge in [0.2, 0.25) is 5.91 Å². The summed E-state index contributed by atoms with van der Waals surface area (Å²) in [6.45, 7) is 0. The van der Waals surface area contributed by atoms with Crippen LogP contribution >= 0.6 is 0 Å². The van der Waals surface area contributed by atoms with E-state index in [2.05, 4.69) is 5.32 Å². The van der Waals surface area contributed by atoms with E-state index in [0.29, 0.717) is 0 Å². The van der Waals surface area contributed by atoms with Crippen molar-refractivity contribution in [3.05, 3.63) is 35.9 Å². The zero-order chi connectivity index (χ0) is 18.4. The summed E-state index contributed by atoms with van der Waals surface area (Å²) in [6.07, 6.45) is -1.87. The van der Waals surface area contributed by atoms with Gasteiger partial charge < -0.3 is 21.3 Å². The SMILES string of the molecule is N[C@@H](Cc1ccccc1)C(=O)N[C@]1(C(=O)O)[C@H]2[C@@H](C[C@@H]1F)[C@@H]2C(=O)O. The van der Waals surface area contributed by atoms with Crippen LogP contribution in [0.2, 0.25) is 0 Å². The van der Waals surface area contributed by atoms with Crippen molar-refractivity contribution >= 4 is 17.8 Å². The molecule has 6 atom stereocenters. The molecule has 2 fully saturated rings. The fourth-order valence-corrected chi connectivity index (χ4v) is 4.01. The van der Waals surface area contributed by atoms with E-state index in [-0.39, 0.29) is 12.8 Å². The van der Waals surface area contributed by atoms with Crippen LogP contribution in [0.15, 0.2) is 30.3 Å². The molecule has 5 N–H and O–H groups in total. The zero-order valence-electron chi connectivity index (χ0n) is 13.3. The molecule has 7 nitrogen and oxygen atoms in total. The molecule has 1 amide bonds. The van der Waals surface area contributed by atoms with Crippen molar-refractivity contribution in [2.24, 2.45) is 23.5 Å². The first-order valence-electron chi connectivity index (χ1n) is 8.00. The van der Waals surface area contributed by atoms with E-state index in [0.717, 1.165) is 5.56 Å². The molecule has 134 valence electrons. The third-order valence-electron chi connectivity index (χ3n) is 5.27. The summed E-state index contributed by atoms with van der Waals surface area (Å²) < 4.78 is 14.4. The van der Waals surface area contributed by atoms with Crippen molar-refractivity contribution in [1.82, 2.24) is 5.32 Å². The second-order valence-corrected chi connectivity index (χ2v) is 6.72. The number of nitrogens with one attached hydrogen (secondary N) is 1. The number of hydrogen-bond acceptors (Lipinski definition) is 4. The Bertz CT molecular complexity index is 712. The highest BCUT2D eigenvalue weighted by atomic mass is 19.1. The van der Waals surface area contributed by atoms with Crippen molar-refractivity contribution < 1.29 is 29.0 Å². The summed E-state index contributed by atoms with van der Waals surface area (Å²) in [5.74, 6) is -6.01. The van der Waals surface area contributed by atoms with Crippen LogP contribution in [0.25, 0.3) is 0 Å². The van der Waals surface area contributed by atoms with Crippen LogP contribution in [0.5, 0.6) is 0 Å². The number of aliphatic carboxylic acids is 2. The average Bonchev–Trinajstić information content (AvgIpc) is 3.19. The molecule has 25 heavy (non-hydrogen) atoms. The molecular formula is C17H19FN2O5. The lowest BCUT2D eigenvalue weighted by Crippen LogP contribution is -2.64. The van der Waals surface area contributed by atoms with Gasteiger partial charge in [-0.15, -0.1) is 0 Å². The first-order valence-corrected chi connectivity index (χ1v) is 8.00. The van der Waals surface area contributed by atoms with Crippen molar-refractivity contribution in [1.29, 1.82) is 0 Å². The van der Waals surface area contributed by atoms with Gasteiger partial charge in [-0.05, 0) is 24.3 Å². The summed E-state index contributed by atoms with van der Waals surface area (Å²) in [7, 11) is 0. The van der Waals surface area contributed by atoms with Crippen molar-refractivity contribution in [2.45, 2.75) is 30.6 Å². The lowest BCUT2D eigenvalue weighted by atomic mass is 9.88. The number of fused-ring (bicyclic) bond motifs is 1. The number of carboxylic acid groups (broad SMARTS) is 2. The van der Waals surface area contributed by atoms with Crippen LogP contribution in [0.4, 0.5) is 4.39 Å². The monoisotopic (exact) mass is 350 g/mol. The molecule has 0 aliphatic heterocycles. The van der Waals surface area contributed by atoms with Crippen molar-refractivity contribution in [3.63, 3.8) is 0 Å². The Hall–Kier alpha value is -2.48. The molecule has 0 aromatic heterocycles. The van der Waals surface area contributed by atoms with Gasteiger partial charge in [0, 0.05) is 5.92 Å². The van der Waals surface area contributed by atoms with Gasteiger partial charge in [0.25, 0.3) is 0 Å². The van der Waals surface area contributed by atoms with Gasteiger partial charge in [-0.2, -0.15) is 0 Å². The number of halogens is 1. The van der Waals surface area contributed by atoms with Crippen molar-refractivity contribution in [2.75, 3.05) is 0 Å². The maximum atomic E-state index is 14.4. The Labute approximate surface area is 143 Å². The number of amides is 1. The molecule has 0 radical (unpaired) electrons. The lowest BCUT2D eigenvalue weighted by Gasteiger charge is -2.32. The van der Waals surface area contributed by atoms with Gasteiger partial charge in [-0.3, -0.25) is 9.59 Å². The molecule has 0 unspecified atom stereocenters. The molecule has 2 aliphatic carbocycles. The highest BCUT2D eigenvalue weighted by Crippen LogP contribution is 2.63. The predicted octanol–water partition coefficient (Wildman–Crippen LogP) is 0.185. The van der Waals surface area contributed by atoms with Gasteiger partial charge >= 0.3 is 11.9 Å². The summed E-state index contributed by atoms with van der Waals surface area (Å²) in [6, 6.07) is 7.83. The van der Waals surface area contributed by atoms with Crippen LogP contribution < -0.4 is 11.1 Å². The van der Waals surface area contributed by atoms with Gasteiger partial charge in [0.05, 0.1) is 12.0 Å². The smallest absolute Gasteiger partial charge is 0.332 e. The van der Waals surface area contributed by atoms with E-state index in [4.69, 9.17) is 10.8 Å². The van der Waals surface area contributed by atoms with E-state index in [1.165, 1.54) is 0 Å². The van der Waals surface area contributed by atoms with Crippen LogP contribution in [0.1, 0.15) is 12.0 Å². The molecule has 1 aromatic rings. The van der Waals surface area contributed by atoms with E-state index in [1.807, 2.05) is 0 Å². The zero-order valence-corrected chi connectivity index (χ0v) is 13.3. The summed E-state index contributed by atoms with van der Waals surface area (Å²) in [4.78, 5) is 35.4. The molecular weight excluding hydrogens is 331 g/mol. The van der Waals surface area contributed by atoms with Crippen LogP contribution in [0, 0.1) is 17.8 Å². The largest absolute Gasteiger partial charge is 0.481 e. The molecule has 1 aromatic carbocycles. The second kappa shape index (κ2) is 6.11. The molecule has 0 spiro atoms. The number of hydrogen-bond donors (Lipinski definition) is 4. The molecule has 2 saturated carbocycles. The van der Waals surface area contributed by atoms with Crippen LogP contribution in [0.3, 0.4) is 0 Å². The first kappa shape index (κ1) is 17.3. The molecule has 0 heterocycles. The Morgan fingerprint density at radius 2 is 1.92 bits per heavy atom. The predicted molar refractivity (Wildman–Crippen MR) is 84.2 cm³/mol. The van der Waals surface area contributed by atoms with Crippen molar-refractivity contribution in [3.8, 4) is 0 Å². The normalized spacial score (nSPS) is 34.0. The summed E-state index contributed by atoms with van der Waals surface area (Å²) >= 11 is 0. The summed E-state index contributed by atoms with van der Waals surface area (Å²) in [5, 5.41) is 20.9. The fourth-order valence-electron chi connectivity index (χ4n) is 4.01. The van der Waals surface area contributed by atoms with Crippen LogP contribution in [-0.4, -0.2) is 45.8 Å². The number of alkyl halides is 1. The molecule has 8 heteroatoms. The van der Waals surface area contributed by atoms with Gasteiger partial charge in [0.1, 0.15) is 6.17 Å². The Balaban J connectivity index is 1.77. The number of benzene rings is 1. The molecule has 0 saturated heterocycles. The minimum absolute atomic E-state index is 0.162. The van der Waals surface area contributed by atoms with E-state index in [1.54, 1.807) is 30.3 Å².